The average Bonchev–Trinajstić information content (AvgIpc) is 3.40. The van der Waals surface area contributed by atoms with Crippen molar-refractivity contribution in [2.24, 2.45) is 5.73 Å². The Hall–Kier alpha value is -4.34. The lowest BCUT2D eigenvalue weighted by molar-refractivity contribution is 0.1000. The van der Waals surface area contributed by atoms with Crippen molar-refractivity contribution >= 4 is 34.5 Å². The SMILES string of the molecule is NC(=O)c1cc(-c2ccccc2)c(-c2ccc(CN3CCC(n4cnc5c(N)ncnc54)CC3)cc2)nc1Cl. The Morgan fingerprint density at radius 2 is 1.72 bits per heavy atom. The van der Waals surface area contributed by atoms with E-state index < -0.39 is 5.91 Å². The molecule has 1 aliphatic heterocycles. The van der Waals surface area contributed by atoms with E-state index in [0.717, 1.165) is 54.8 Å². The van der Waals surface area contributed by atoms with E-state index in [9.17, 15) is 4.79 Å². The Kier molecular flexibility index (Phi) is 6.68. The number of rotatable bonds is 6. The molecule has 1 aliphatic rings. The van der Waals surface area contributed by atoms with Gasteiger partial charge in [-0.3, -0.25) is 9.69 Å². The quantitative estimate of drug-likeness (QED) is 0.299. The lowest BCUT2D eigenvalue weighted by atomic mass is 9.97. The number of nitrogens with zero attached hydrogens (tertiary/aromatic N) is 6. The summed E-state index contributed by atoms with van der Waals surface area (Å²) in [6.45, 7) is 2.79. The Bertz CT molecular complexity index is 1640. The summed E-state index contributed by atoms with van der Waals surface area (Å²) >= 11 is 6.34. The van der Waals surface area contributed by atoms with Crippen molar-refractivity contribution in [3.05, 3.63) is 89.6 Å². The van der Waals surface area contributed by atoms with Crippen LogP contribution < -0.4 is 11.5 Å². The van der Waals surface area contributed by atoms with Gasteiger partial charge in [0.05, 0.1) is 17.6 Å². The molecule has 9 nitrogen and oxygen atoms in total. The maximum Gasteiger partial charge on any atom is 0.251 e. The molecule has 0 bridgehead atoms. The minimum atomic E-state index is -0.603. The number of likely N-dealkylation sites (tertiary alicyclic amines) is 1. The summed E-state index contributed by atoms with van der Waals surface area (Å²) in [6, 6.07) is 20.2. The molecular formula is C29H27ClN8O. The molecule has 0 unspecified atom stereocenters. The van der Waals surface area contributed by atoms with Gasteiger partial charge in [-0.1, -0.05) is 66.2 Å². The van der Waals surface area contributed by atoms with Gasteiger partial charge in [-0.15, -0.1) is 0 Å². The fourth-order valence-electron chi connectivity index (χ4n) is 5.24. The van der Waals surface area contributed by atoms with Crippen molar-refractivity contribution in [1.82, 2.24) is 29.4 Å². The highest BCUT2D eigenvalue weighted by Gasteiger charge is 2.23. The third-order valence-corrected chi connectivity index (χ3v) is 7.59. The van der Waals surface area contributed by atoms with Crippen molar-refractivity contribution in [3.63, 3.8) is 0 Å². The third-order valence-electron chi connectivity index (χ3n) is 7.30. The first-order valence-corrected chi connectivity index (χ1v) is 13.2. The summed E-state index contributed by atoms with van der Waals surface area (Å²) in [5.41, 5.74) is 17.7. The molecule has 0 atom stereocenters. The molecule has 3 aromatic heterocycles. The van der Waals surface area contributed by atoms with E-state index in [1.54, 1.807) is 6.07 Å². The number of imidazole rings is 1. The van der Waals surface area contributed by atoms with Crippen molar-refractivity contribution < 1.29 is 4.79 Å². The van der Waals surface area contributed by atoms with E-state index in [0.29, 0.717) is 23.1 Å². The number of primary amides is 1. The first-order valence-electron chi connectivity index (χ1n) is 12.8. The number of piperidine rings is 1. The minimum Gasteiger partial charge on any atom is -0.382 e. The van der Waals surface area contributed by atoms with Crippen LogP contribution in [0.3, 0.4) is 0 Å². The molecule has 0 radical (unpaired) electrons. The monoisotopic (exact) mass is 538 g/mol. The Balaban J connectivity index is 1.18. The minimum absolute atomic E-state index is 0.101. The molecule has 1 saturated heterocycles. The van der Waals surface area contributed by atoms with Gasteiger partial charge in [-0.25, -0.2) is 19.9 Å². The first-order chi connectivity index (χ1) is 19.0. The molecule has 196 valence electrons. The van der Waals surface area contributed by atoms with Gasteiger partial charge >= 0.3 is 0 Å². The highest BCUT2D eigenvalue weighted by molar-refractivity contribution is 6.33. The zero-order chi connectivity index (χ0) is 26.9. The van der Waals surface area contributed by atoms with Crippen LogP contribution in [0.1, 0.15) is 34.8 Å². The van der Waals surface area contributed by atoms with Gasteiger partial charge in [0, 0.05) is 36.8 Å². The van der Waals surface area contributed by atoms with E-state index >= 15 is 0 Å². The van der Waals surface area contributed by atoms with Crippen LogP contribution in [0.4, 0.5) is 5.82 Å². The molecule has 5 aromatic rings. The maximum atomic E-state index is 11.9. The summed E-state index contributed by atoms with van der Waals surface area (Å²) in [5.74, 6) is -0.189. The van der Waals surface area contributed by atoms with Crippen LogP contribution in [-0.2, 0) is 6.54 Å². The maximum absolute atomic E-state index is 11.9. The number of halogens is 1. The van der Waals surface area contributed by atoms with Gasteiger partial charge in [-0.2, -0.15) is 0 Å². The van der Waals surface area contributed by atoms with E-state index in [1.807, 2.05) is 36.7 Å². The predicted octanol–water partition coefficient (Wildman–Crippen LogP) is 4.73. The summed E-state index contributed by atoms with van der Waals surface area (Å²) < 4.78 is 2.13. The third kappa shape index (κ3) is 4.94. The molecule has 10 heteroatoms. The van der Waals surface area contributed by atoms with Crippen LogP contribution in [0.15, 0.2) is 73.3 Å². The number of carbonyl (C=O) groups is 1. The first kappa shape index (κ1) is 25.0. The number of pyridine rings is 1. The standard InChI is InChI=1S/C29H27ClN8O/c30-26-23(28(32)39)14-22(19-4-2-1-3-5-19)24(36-26)20-8-6-18(7-9-20)15-37-12-10-21(11-13-37)38-17-35-25-27(31)33-16-34-29(25)38/h1-9,14,16-17,21H,10-13,15H2,(H2,32,39)(H2,31,33,34). The summed E-state index contributed by atoms with van der Waals surface area (Å²) in [5, 5.41) is 0.101. The molecule has 39 heavy (non-hydrogen) atoms. The van der Waals surface area contributed by atoms with Crippen molar-refractivity contribution in [2.45, 2.75) is 25.4 Å². The molecule has 4 N–H and O–H groups in total. The molecule has 2 aromatic carbocycles. The number of benzene rings is 2. The number of nitrogen functional groups attached to an aromatic ring is 1. The number of amides is 1. The molecule has 4 heterocycles. The predicted molar refractivity (Wildman–Crippen MR) is 152 cm³/mol. The Morgan fingerprint density at radius 3 is 2.44 bits per heavy atom. The van der Waals surface area contributed by atoms with Crippen LogP contribution in [0.5, 0.6) is 0 Å². The Morgan fingerprint density at radius 1 is 0.974 bits per heavy atom. The number of aromatic nitrogens is 5. The Labute approximate surface area is 230 Å². The molecule has 6 rings (SSSR count). The van der Waals surface area contributed by atoms with Crippen LogP contribution >= 0.6 is 11.6 Å². The highest BCUT2D eigenvalue weighted by Crippen LogP contribution is 2.34. The van der Waals surface area contributed by atoms with Gasteiger partial charge in [-0.05, 0) is 30.0 Å². The number of carbonyl (C=O) groups excluding carboxylic acids is 1. The van der Waals surface area contributed by atoms with Crippen molar-refractivity contribution in [1.29, 1.82) is 0 Å². The van der Waals surface area contributed by atoms with Crippen LogP contribution in [0, 0.1) is 0 Å². The molecule has 1 amide bonds. The van der Waals surface area contributed by atoms with E-state index in [2.05, 4.69) is 53.7 Å². The largest absolute Gasteiger partial charge is 0.382 e. The summed E-state index contributed by atoms with van der Waals surface area (Å²) in [7, 11) is 0. The van der Waals surface area contributed by atoms with Crippen LogP contribution in [-0.4, -0.2) is 48.4 Å². The van der Waals surface area contributed by atoms with Crippen molar-refractivity contribution in [2.75, 3.05) is 18.8 Å². The second kappa shape index (κ2) is 10.4. The van der Waals surface area contributed by atoms with E-state index in [-0.39, 0.29) is 10.7 Å². The average molecular weight is 539 g/mol. The molecular weight excluding hydrogens is 512 g/mol. The smallest absolute Gasteiger partial charge is 0.251 e. The van der Waals surface area contributed by atoms with E-state index in [1.165, 1.54) is 11.9 Å². The van der Waals surface area contributed by atoms with Gasteiger partial charge in [0.2, 0.25) is 0 Å². The van der Waals surface area contributed by atoms with Crippen LogP contribution in [0.2, 0.25) is 5.15 Å². The van der Waals surface area contributed by atoms with E-state index in [4.69, 9.17) is 23.1 Å². The topological polar surface area (TPSA) is 129 Å². The zero-order valence-electron chi connectivity index (χ0n) is 21.2. The van der Waals surface area contributed by atoms with Gasteiger partial charge in [0.25, 0.3) is 5.91 Å². The number of fused-ring (bicyclic) bond motifs is 1. The highest BCUT2D eigenvalue weighted by atomic mass is 35.5. The zero-order valence-corrected chi connectivity index (χ0v) is 21.9. The number of anilines is 1. The summed E-state index contributed by atoms with van der Waals surface area (Å²) in [4.78, 5) is 31.8. The number of hydrogen-bond donors (Lipinski definition) is 2. The lowest BCUT2D eigenvalue weighted by Gasteiger charge is -2.32. The molecule has 0 saturated carbocycles. The second-order valence-corrected chi connectivity index (χ2v) is 10.1. The molecule has 0 aliphatic carbocycles. The lowest BCUT2D eigenvalue weighted by Crippen LogP contribution is -2.34. The summed E-state index contributed by atoms with van der Waals surface area (Å²) in [6.07, 6.45) is 5.33. The number of hydrogen-bond acceptors (Lipinski definition) is 7. The normalized spacial score (nSPS) is 14.6. The molecule has 1 fully saturated rings. The van der Waals surface area contributed by atoms with Crippen molar-refractivity contribution in [3.8, 4) is 22.4 Å². The number of nitrogens with two attached hydrogens (primary N) is 2. The fourth-order valence-corrected chi connectivity index (χ4v) is 5.47. The fraction of sp³-hybridized carbons (Fsp3) is 0.207. The molecule has 0 spiro atoms. The second-order valence-electron chi connectivity index (χ2n) is 9.74. The van der Waals surface area contributed by atoms with Gasteiger partial charge < -0.3 is 16.0 Å². The van der Waals surface area contributed by atoms with Gasteiger partial charge in [0.1, 0.15) is 17.0 Å². The van der Waals surface area contributed by atoms with Crippen LogP contribution in [0.25, 0.3) is 33.5 Å². The van der Waals surface area contributed by atoms with Gasteiger partial charge in [0.15, 0.2) is 11.5 Å².